The lowest BCUT2D eigenvalue weighted by Crippen LogP contribution is -2.07. The average molecular weight is 266 g/mol. The molecular formula is C14H18O5. The Balaban J connectivity index is 3.45. The van der Waals surface area contributed by atoms with Gasteiger partial charge in [0.25, 0.3) is 0 Å². The zero-order chi connectivity index (χ0) is 14.6. The van der Waals surface area contributed by atoms with E-state index in [1.807, 2.05) is 19.9 Å². The highest BCUT2D eigenvalue weighted by molar-refractivity contribution is 5.96. The molecule has 1 rings (SSSR count). The summed E-state index contributed by atoms with van der Waals surface area (Å²) in [5, 5.41) is 19.6. The van der Waals surface area contributed by atoms with Crippen LogP contribution in [0.5, 0.6) is 17.2 Å². The first-order valence-corrected chi connectivity index (χ1v) is 5.75. The molecule has 0 fully saturated rings. The van der Waals surface area contributed by atoms with Crippen LogP contribution in [0.2, 0.25) is 0 Å². The highest BCUT2D eigenvalue weighted by Crippen LogP contribution is 2.39. The third kappa shape index (κ3) is 3.19. The van der Waals surface area contributed by atoms with Crippen LogP contribution in [0, 0.1) is 0 Å². The quantitative estimate of drug-likeness (QED) is 0.646. The molecule has 104 valence electrons. The molecule has 2 N–H and O–H groups in total. The van der Waals surface area contributed by atoms with Crippen LogP contribution in [-0.4, -0.2) is 30.4 Å². The van der Waals surface area contributed by atoms with E-state index in [1.54, 1.807) is 0 Å². The maximum Gasteiger partial charge on any atom is 0.345 e. The zero-order valence-corrected chi connectivity index (χ0v) is 11.5. The first-order valence-electron chi connectivity index (χ1n) is 5.75. The van der Waals surface area contributed by atoms with Gasteiger partial charge in [-0.1, -0.05) is 11.6 Å². The molecule has 0 aliphatic rings. The summed E-state index contributed by atoms with van der Waals surface area (Å²) < 4.78 is 9.75. The van der Waals surface area contributed by atoms with Crippen LogP contribution in [-0.2, 0) is 11.2 Å². The van der Waals surface area contributed by atoms with Crippen molar-refractivity contribution in [2.45, 2.75) is 20.3 Å². The highest BCUT2D eigenvalue weighted by Gasteiger charge is 2.24. The van der Waals surface area contributed by atoms with Crippen LogP contribution in [0.25, 0.3) is 0 Å². The molecule has 0 amide bonds. The lowest BCUT2D eigenvalue weighted by Gasteiger charge is -2.14. The van der Waals surface area contributed by atoms with Crippen molar-refractivity contribution in [3.63, 3.8) is 0 Å². The van der Waals surface area contributed by atoms with E-state index in [0.29, 0.717) is 12.0 Å². The van der Waals surface area contributed by atoms with E-state index < -0.39 is 5.97 Å². The molecule has 0 aromatic heterocycles. The molecule has 0 bridgehead atoms. The molecule has 1 aromatic rings. The van der Waals surface area contributed by atoms with E-state index in [9.17, 15) is 15.0 Å². The van der Waals surface area contributed by atoms with Crippen molar-refractivity contribution < 1.29 is 24.5 Å². The second-order valence-electron chi connectivity index (χ2n) is 4.28. The first kappa shape index (κ1) is 14.9. The van der Waals surface area contributed by atoms with Crippen molar-refractivity contribution >= 4 is 5.97 Å². The summed E-state index contributed by atoms with van der Waals surface area (Å²) in [4.78, 5) is 11.7. The summed E-state index contributed by atoms with van der Waals surface area (Å²) in [5.74, 6) is -1.09. The molecule has 0 spiro atoms. The topological polar surface area (TPSA) is 76.0 Å². The van der Waals surface area contributed by atoms with Crippen LogP contribution in [0.15, 0.2) is 17.7 Å². The summed E-state index contributed by atoms with van der Waals surface area (Å²) in [6.45, 7) is 3.84. The lowest BCUT2D eigenvalue weighted by molar-refractivity contribution is 0.0593. The summed E-state index contributed by atoms with van der Waals surface area (Å²) in [6, 6.07) is 1.11. The Bertz CT molecular complexity index is 513. The fraction of sp³-hybridized carbons (Fsp3) is 0.357. The monoisotopic (exact) mass is 266 g/mol. The van der Waals surface area contributed by atoms with E-state index in [1.165, 1.54) is 14.2 Å². The molecule has 0 atom stereocenters. The second-order valence-corrected chi connectivity index (χ2v) is 4.28. The van der Waals surface area contributed by atoms with Gasteiger partial charge in [-0.15, -0.1) is 0 Å². The fourth-order valence-corrected chi connectivity index (χ4v) is 1.70. The number of methoxy groups -OCH3 is 2. The minimum absolute atomic E-state index is 0.0834. The number of hydrogen-bond acceptors (Lipinski definition) is 5. The number of ether oxygens (including phenoxy) is 2. The van der Waals surface area contributed by atoms with Gasteiger partial charge in [0, 0.05) is 11.6 Å². The molecule has 0 unspecified atom stereocenters. The first-order chi connectivity index (χ1) is 8.92. The number of carbonyl (C=O) groups is 1. The summed E-state index contributed by atoms with van der Waals surface area (Å²) >= 11 is 0. The third-order valence-electron chi connectivity index (χ3n) is 2.65. The predicted octanol–water partition coefficient (Wildman–Crippen LogP) is 2.40. The Morgan fingerprint density at radius 3 is 2.37 bits per heavy atom. The molecule has 5 heteroatoms. The standard InChI is InChI=1S/C14H18O5/c1-8(2)5-6-9-10(15)7-11(16)12(13(9)18-3)14(17)19-4/h5,7,15-16H,6H2,1-4H3. The van der Waals surface area contributed by atoms with Crippen LogP contribution in [0.4, 0.5) is 0 Å². The number of rotatable bonds is 4. The number of esters is 1. The Kier molecular flexibility index (Phi) is 4.80. The minimum Gasteiger partial charge on any atom is -0.507 e. The molecule has 5 nitrogen and oxygen atoms in total. The van der Waals surface area contributed by atoms with Gasteiger partial charge in [-0.3, -0.25) is 0 Å². The number of aromatic hydroxyl groups is 2. The normalized spacial score (nSPS) is 9.89. The molecule has 0 radical (unpaired) electrons. The maximum absolute atomic E-state index is 11.7. The SMILES string of the molecule is COC(=O)c1c(O)cc(O)c(CC=C(C)C)c1OC. The van der Waals surface area contributed by atoms with Gasteiger partial charge in [0.2, 0.25) is 0 Å². The van der Waals surface area contributed by atoms with Crippen LogP contribution in [0.1, 0.15) is 29.8 Å². The molecule has 1 aromatic carbocycles. The molecule has 0 saturated carbocycles. The number of allylic oxidation sites excluding steroid dienone is 2. The van der Waals surface area contributed by atoms with Gasteiger partial charge >= 0.3 is 5.97 Å². The molecular weight excluding hydrogens is 248 g/mol. The van der Waals surface area contributed by atoms with Crippen molar-refractivity contribution in [1.29, 1.82) is 0 Å². The van der Waals surface area contributed by atoms with E-state index in [0.717, 1.165) is 11.6 Å². The van der Waals surface area contributed by atoms with Gasteiger partial charge in [0.15, 0.2) is 0 Å². The number of hydrogen-bond donors (Lipinski definition) is 2. The zero-order valence-electron chi connectivity index (χ0n) is 11.5. The van der Waals surface area contributed by atoms with Crippen LogP contribution < -0.4 is 4.74 Å². The fourth-order valence-electron chi connectivity index (χ4n) is 1.70. The third-order valence-corrected chi connectivity index (χ3v) is 2.65. The van der Waals surface area contributed by atoms with Crippen molar-refractivity contribution in [2.75, 3.05) is 14.2 Å². The molecule has 0 aliphatic heterocycles. The Morgan fingerprint density at radius 1 is 1.26 bits per heavy atom. The van der Waals surface area contributed by atoms with Crippen LogP contribution >= 0.6 is 0 Å². The van der Waals surface area contributed by atoms with Crippen molar-refractivity contribution in [2.24, 2.45) is 0 Å². The number of phenolic OH excluding ortho intramolecular Hbond substituents is 2. The highest BCUT2D eigenvalue weighted by atomic mass is 16.5. The van der Waals surface area contributed by atoms with Gasteiger partial charge in [-0.2, -0.15) is 0 Å². The Labute approximate surface area is 112 Å². The van der Waals surface area contributed by atoms with E-state index in [2.05, 4.69) is 4.74 Å². The molecule has 19 heavy (non-hydrogen) atoms. The van der Waals surface area contributed by atoms with Crippen molar-refractivity contribution in [3.8, 4) is 17.2 Å². The Hall–Kier alpha value is -2.17. The lowest BCUT2D eigenvalue weighted by atomic mass is 10.0. The minimum atomic E-state index is -0.715. The number of benzene rings is 1. The summed E-state index contributed by atoms with van der Waals surface area (Å²) in [7, 11) is 2.58. The van der Waals surface area contributed by atoms with E-state index in [4.69, 9.17) is 4.74 Å². The molecule has 0 saturated heterocycles. The van der Waals surface area contributed by atoms with Gasteiger partial charge in [0.1, 0.15) is 22.8 Å². The Morgan fingerprint density at radius 2 is 1.89 bits per heavy atom. The van der Waals surface area contributed by atoms with E-state index >= 15 is 0 Å². The second kappa shape index (κ2) is 6.13. The summed E-state index contributed by atoms with van der Waals surface area (Å²) in [5.41, 5.74) is 1.41. The number of carbonyl (C=O) groups excluding carboxylic acids is 1. The average Bonchev–Trinajstić information content (AvgIpc) is 2.35. The van der Waals surface area contributed by atoms with Crippen LogP contribution in [0.3, 0.4) is 0 Å². The number of phenols is 2. The molecule has 0 aliphatic carbocycles. The largest absolute Gasteiger partial charge is 0.507 e. The smallest absolute Gasteiger partial charge is 0.345 e. The van der Waals surface area contributed by atoms with Crippen molar-refractivity contribution in [3.05, 3.63) is 28.8 Å². The summed E-state index contributed by atoms with van der Waals surface area (Å²) in [6.07, 6.45) is 2.28. The van der Waals surface area contributed by atoms with Gasteiger partial charge in [-0.25, -0.2) is 4.79 Å². The maximum atomic E-state index is 11.7. The van der Waals surface area contributed by atoms with Gasteiger partial charge in [-0.05, 0) is 20.3 Å². The van der Waals surface area contributed by atoms with E-state index in [-0.39, 0.29) is 22.8 Å². The van der Waals surface area contributed by atoms with Gasteiger partial charge in [0.05, 0.1) is 14.2 Å². The van der Waals surface area contributed by atoms with Crippen molar-refractivity contribution in [1.82, 2.24) is 0 Å². The van der Waals surface area contributed by atoms with Gasteiger partial charge < -0.3 is 19.7 Å². The predicted molar refractivity (Wildman–Crippen MR) is 70.8 cm³/mol. The molecule has 0 heterocycles.